The summed E-state index contributed by atoms with van der Waals surface area (Å²) in [4.78, 5) is 40.9. The summed E-state index contributed by atoms with van der Waals surface area (Å²) in [5.74, 6) is -0.129. The van der Waals surface area contributed by atoms with E-state index in [9.17, 15) is 22.8 Å². The number of hydrogen-bond acceptors (Lipinski definition) is 6. The van der Waals surface area contributed by atoms with Crippen LogP contribution in [0, 0.1) is 11.3 Å². The number of rotatable bonds is 8. The van der Waals surface area contributed by atoms with Crippen LogP contribution in [0.1, 0.15) is 63.3 Å². The number of aryl methyl sites for hydroxylation is 1. The van der Waals surface area contributed by atoms with Crippen LogP contribution in [0.4, 0.5) is 18.9 Å². The normalized spacial score (nSPS) is 19.2. The summed E-state index contributed by atoms with van der Waals surface area (Å²) < 4.78 is 39.4. The maximum atomic E-state index is 13.3. The van der Waals surface area contributed by atoms with Crippen LogP contribution in [-0.4, -0.2) is 51.8 Å². The fourth-order valence-electron chi connectivity index (χ4n) is 5.68. The third kappa shape index (κ3) is 6.59. The van der Waals surface area contributed by atoms with Crippen molar-refractivity contribution >= 4 is 28.9 Å². The first-order chi connectivity index (χ1) is 18.9. The number of nitrogens with zero attached hydrogens (tertiary/aromatic N) is 5. The Kier molecular flexibility index (Phi) is 8.75. The molecule has 2 unspecified atom stereocenters. The van der Waals surface area contributed by atoms with Gasteiger partial charge in [-0.25, -0.2) is 9.97 Å². The summed E-state index contributed by atoms with van der Waals surface area (Å²) in [6.45, 7) is 6.00. The van der Waals surface area contributed by atoms with E-state index in [1.165, 1.54) is 28.6 Å². The Morgan fingerprint density at radius 3 is 2.60 bits per heavy atom. The lowest BCUT2D eigenvalue weighted by Crippen LogP contribution is -2.50. The van der Waals surface area contributed by atoms with Gasteiger partial charge < -0.3 is 4.90 Å². The maximum absolute atomic E-state index is 13.3. The first-order valence-corrected chi connectivity index (χ1v) is 13.6. The standard InChI is InChI=1S/C30H36F3N5O2/c1-5-20-6-8-24-25(12-20)35-18-36-26(24)13-21-7-9-27(29(2,3)11-10-21)38(19-39)28(40)17-37(4)23-14-22(15-34-16-23)30(31,32)33/h6,8,12,14-16,18-19,21,27H,5,7,9-11,13,17H2,1-4H3. The van der Waals surface area contributed by atoms with Crippen LogP contribution in [-0.2, 0) is 28.6 Å². The molecule has 0 saturated heterocycles. The Labute approximate surface area is 232 Å². The van der Waals surface area contributed by atoms with Gasteiger partial charge in [0.15, 0.2) is 0 Å². The van der Waals surface area contributed by atoms with Crippen molar-refractivity contribution in [1.29, 1.82) is 0 Å². The molecular formula is C30H36F3N5O2. The number of anilines is 1. The van der Waals surface area contributed by atoms with Crippen molar-refractivity contribution in [3.05, 3.63) is 59.8 Å². The molecule has 2 aromatic heterocycles. The van der Waals surface area contributed by atoms with Crippen LogP contribution < -0.4 is 4.90 Å². The molecule has 0 aliphatic heterocycles. The van der Waals surface area contributed by atoms with E-state index in [1.54, 1.807) is 6.33 Å². The van der Waals surface area contributed by atoms with Gasteiger partial charge in [0.1, 0.15) is 6.33 Å². The van der Waals surface area contributed by atoms with Crippen LogP contribution >= 0.6 is 0 Å². The maximum Gasteiger partial charge on any atom is 0.417 e. The van der Waals surface area contributed by atoms with Gasteiger partial charge in [-0.2, -0.15) is 13.2 Å². The average Bonchev–Trinajstić information content (AvgIpc) is 3.06. The first kappa shape index (κ1) is 29.4. The van der Waals surface area contributed by atoms with Crippen molar-refractivity contribution in [1.82, 2.24) is 19.9 Å². The van der Waals surface area contributed by atoms with Crippen molar-refractivity contribution in [3.8, 4) is 0 Å². The lowest BCUT2D eigenvalue weighted by Gasteiger charge is -2.39. The van der Waals surface area contributed by atoms with Crippen molar-refractivity contribution < 1.29 is 22.8 Å². The van der Waals surface area contributed by atoms with Gasteiger partial charge in [0.05, 0.1) is 35.2 Å². The third-order valence-electron chi connectivity index (χ3n) is 8.22. The van der Waals surface area contributed by atoms with Gasteiger partial charge >= 0.3 is 6.18 Å². The molecule has 3 aromatic rings. The first-order valence-electron chi connectivity index (χ1n) is 13.6. The molecule has 40 heavy (non-hydrogen) atoms. The Bertz CT molecular complexity index is 1360. The highest BCUT2D eigenvalue weighted by Gasteiger charge is 2.39. The predicted octanol–water partition coefficient (Wildman–Crippen LogP) is 5.85. The Morgan fingerprint density at radius 2 is 1.90 bits per heavy atom. The summed E-state index contributed by atoms with van der Waals surface area (Å²) >= 11 is 0. The molecule has 2 heterocycles. The van der Waals surface area contributed by atoms with Crippen molar-refractivity contribution in [2.45, 2.75) is 71.5 Å². The van der Waals surface area contributed by atoms with Gasteiger partial charge in [0, 0.05) is 24.7 Å². The molecule has 7 nitrogen and oxygen atoms in total. The van der Waals surface area contributed by atoms with Crippen LogP contribution in [0.3, 0.4) is 0 Å². The Hall–Kier alpha value is -3.56. The Morgan fingerprint density at radius 1 is 1.12 bits per heavy atom. The van der Waals surface area contributed by atoms with E-state index in [0.29, 0.717) is 18.7 Å². The molecule has 0 spiro atoms. The Balaban J connectivity index is 1.47. The van der Waals surface area contributed by atoms with Crippen molar-refractivity contribution in [2.24, 2.45) is 11.3 Å². The molecule has 1 fully saturated rings. The average molecular weight is 556 g/mol. The summed E-state index contributed by atoms with van der Waals surface area (Å²) in [6, 6.07) is 6.93. The van der Waals surface area contributed by atoms with E-state index in [-0.39, 0.29) is 23.7 Å². The van der Waals surface area contributed by atoms with Crippen LogP contribution in [0.15, 0.2) is 43.0 Å². The molecule has 4 rings (SSSR count). The second-order valence-corrected chi connectivity index (χ2v) is 11.4. The number of imide groups is 1. The van der Waals surface area contributed by atoms with Crippen LogP contribution in [0.5, 0.6) is 0 Å². The SMILES string of the molecule is CCc1ccc2c(CC3CCC(N(C=O)C(=O)CN(C)c4cncc(C(F)(F)F)c4)C(C)(C)CC3)ncnc2c1. The monoisotopic (exact) mass is 555 g/mol. The second kappa shape index (κ2) is 11.9. The minimum atomic E-state index is -4.54. The topological polar surface area (TPSA) is 79.3 Å². The number of likely N-dealkylation sites (N-methyl/N-ethyl adjacent to an activating group) is 1. The number of pyridine rings is 1. The smallest absolute Gasteiger partial charge is 0.364 e. The van der Waals surface area contributed by atoms with Gasteiger partial charge in [-0.3, -0.25) is 19.5 Å². The highest BCUT2D eigenvalue weighted by atomic mass is 19.4. The summed E-state index contributed by atoms with van der Waals surface area (Å²) in [5.41, 5.74) is 2.10. The number of carbonyl (C=O) groups excluding carboxylic acids is 2. The predicted molar refractivity (Wildman–Crippen MR) is 148 cm³/mol. The van der Waals surface area contributed by atoms with Gasteiger partial charge in [0.25, 0.3) is 0 Å². The zero-order valence-electron chi connectivity index (χ0n) is 23.4. The molecule has 1 aromatic carbocycles. The number of amides is 2. The van der Waals surface area contributed by atoms with E-state index in [1.807, 2.05) is 0 Å². The minimum Gasteiger partial charge on any atom is -0.364 e. The summed E-state index contributed by atoms with van der Waals surface area (Å²) in [5, 5.41) is 1.05. The number of alkyl halides is 3. The van der Waals surface area contributed by atoms with Crippen molar-refractivity contribution in [3.63, 3.8) is 0 Å². The van der Waals surface area contributed by atoms with Gasteiger partial charge in [0.2, 0.25) is 12.3 Å². The van der Waals surface area contributed by atoms with Crippen molar-refractivity contribution in [2.75, 3.05) is 18.5 Å². The highest BCUT2D eigenvalue weighted by Crippen LogP contribution is 2.40. The molecule has 0 bridgehead atoms. The number of hydrogen-bond donors (Lipinski definition) is 0. The van der Waals surface area contributed by atoms with Gasteiger partial charge in [-0.05, 0) is 67.6 Å². The van der Waals surface area contributed by atoms with Gasteiger partial charge in [-0.15, -0.1) is 0 Å². The number of carbonyl (C=O) groups is 2. The number of benzene rings is 1. The number of halogens is 3. The van der Waals surface area contributed by atoms with Gasteiger partial charge in [-0.1, -0.05) is 32.9 Å². The van der Waals surface area contributed by atoms with E-state index < -0.39 is 17.6 Å². The summed E-state index contributed by atoms with van der Waals surface area (Å²) in [6.07, 6.45) is 4.58. The molecular weight excluding hydrogens is 519 g/mol. The quantitative estimate of drug-likeness (QED) is 0.256. The van der Waals surface area contributed by atoms with E-state index in [4.69, 9.17) is 0 Å². The summed E-state index contributed by atoms with van der Waals surface area (Å²) in [7, 11) is 1.52. The van der Waals surface area contributed by atoms with E-state index >= 15 is 0 Å². The molecule has 1 aliphatic carbocycles. The van der Waals surface area contributed by atoms with Crippen LogP contribution in [0.2, 0.25) is 0 Å². The number of aromatic nitrogens is 3. The minimum absolute atomic E-state index is 0.150. The zero-order valence-corrected chi connectivity index (χ0v) is 23.4. The highest BCUT2D eigenvalue weighted by molar-refractivity contribution is 5.90. The fourth-order valence-corrected chi connectivity index (χ4v) is 5.68. The largest absolute Gasteiger partial charge is 0.417 e. The molecule has 0 radical (unpaired) electrons. The zero-order chi connectivity index (χ0) is 29.1. The third-order valence-corrected chi connectivity index (χ3v) is 8.22. The van der Waals surface area contributed by atoms with E-state index in [0.717, 1.165) is 61.0 Å². The molecule has 2 amide bonds. The molecule has 214 valence electrons. The fraction of sp³-hybridized carbons (Fsp3) is 0.500. The number of fused-ring (bicyclic) bond motifs is 1. The lowest BCUT2D eigenvalue weighted by molar-refractivity contribution is -0.142. The molecule has 1 saturated carbocycles. The molecule has 1 aliphatic rings. The lowest BCUT2D eigenvalue weighted by atomic mass is 9.79. The molecule has 0 N–H and O–H groups in total. The van der Waals surface area contributed by atoms with Crippen LogP contribution in [0.25, 0.3) is 10.9 Å². The second-order valence-electron chi connectivity index (χ2n) is 11.4. The van der Waals surface area contributed by atoms with E-state index in [2.05, 4.69) is 53.9 Å². The molecule has 2 atom stereocenters. The molecule has 10 heteroatoms.